The lowest BCUT2D eigenvalue weighted by atomic mass is 9.75. The van der Waals surface area contributed by atoms with Crippen LogP contribution in [0.15, 0.2) is 17.2 Å². The number of nitrogens with one attached hydrogen (secondary N) is 2. The minimum Gasteiger partial charge on any atom is -0.393 e. The Bertz CT molecular complexity index is 735. The molecular weight excluding hydrogens is 306 g/mol. The SMILES string of the molecule is Cc1nc(NC(c2cnn(C)c2)C2CC(O)C2)c(Cl)c(=O)[nH]1. The van der Waals surface area contributed by atoms with Crippen molar-refractivity contribution in [2.24, 2.45) is 13.0 Å². The second kappa shape index (κ2) is 5.73. The van der Waals surface area contributed by atoms with E-state index in [-0.39, 0.29) is 28.6 Å². The molecule has 2 aromatic rings. The number of H-pyrrole nitrogens is 1. The van der Waals surface area contributed by atoms with Crippen LogP contribution in [0.2, 0.25) is 5.02 Å². The predicted octanol–water partition coefficient (Wildman–Crippen LogP) is 1.39. The average molecular weight is 324 g/mol. The van der Waals surface area contributed by atoms with Crippen LogP contribution in [0, 0.1) is 12.8 Å². The largest absolute Gasteiger partial charge is 0.393 e. The van der Waals surface area contributed by atoms with Gasteiger partial charge in [0.2, 0.25) is 0 Å². The van der Waals surface area contributed by atoms with Crippen molar-refractivity contribution in [1.82, 2.24) is 19.7 Å². The smallest absolute Gasteiger partial charge is 0.271 e. The lowest BCUT2D eigenvalue weighted by Gasteiger charge is -2.38. The molecule has 1 fully saturated rings. The van der Waals surface area contributed by atoms with Crippen LogP contribution < -0.4 is 10.9 Å². The zero-order chi connectivity index (χ0) is 15.9. The Morgan fingerprint density at radius 3 is 2.86 bits per heavy atom. The summed E-state index contributed by atoms with van der Waals surface area (Å²) in [5.41, 5.74) is 0.616. The molecule has 22 heavy (non-hydrogen) atoms. The van der Waals surface area contributed by atoms with Gasteiger partial charge in [0.15, 0.2) is 5.82 Å². The summed E-state index contributed by atoms with van der Waals surface area (Å²) >= 11 is 6.06. The molecule has 0 aromatic carbocycles. The molecule has 0 radical (unpaired) electrons. The molecule has 1 aliphatic carbocycles. The first-order chi connectivity index (χ1) is 10.4. The summed E-state index contributed by atoms with van der Waals surface area (Å²) in [5, 5.41) is 17.1. The van der Waals surface area contributed by atoms with Gasteiger partial charge in [0, 0.05) is 18.8 Å². The lowest BCUT2D eigenvalue weighted by molar-refractivity contribution is 0.0339. The van der Waals surface area contributed by atoms with E-state index < -0.39 is 0 Å². The van der Waals surface area contributed by atoms with Crippen LogP contribution in [0.4, 0.5) is 5.82 Å². The summed E-state index contributed by atoms with van der Waals surface area (Å²) in [6, 6.07) is -0.0942. The highest BCUT2D eigenvalue weighted by atomic mass is 35.5. The highest BCUT2D eigenvalue weighted by molar-refractivity contribution is 6.32. The van der Waals surface area contributed by atoms with Crippen molar-refractivity contribution in [3.63, 3.8) is 0 Å². The molecule has 0 amide bonds. The van der Waals surface area contributed by atoms with E-state index >= 15 is 0 Å². The van der Waals surface area contributed by atoms with Crippen LogP contribution in [0.1, 0.15) is 30.3 Å². The minimum absolute atomic E-state index is 0.0411. The van der Waals surface area contributed by atoms with Crippen LogP contribution in [0.5, 0.6) is 0 Å². The van der Waals surface area contributed by atoms with E-state index in [1.807, 2.05) is 13.2 Å². The normalized spacial score (nSPS) is 22.2. The molecule has 3 rings (SSSR count). The Labute approximate surface area is 132 Å². The van der Waals surface area contributed by atoms with Gasteiger partial charge in [-0.3, -0.25) is 9.48 Å². The number of rotatable bonds is 4. The zero-order valence-electron chi connectivity index (χ0n) is 12.4. The average Bonchev–Trinajstić information content (AvgIpc) is 2.84. The van der Waals surface area contributed by atoms with Crippen molar-refractivity contribution in [3.05, 3.63) is 39.2 Å². The molecule has 1 atom stereocenters. The van der Waals surface area contributed by atoms with Crippen molar-refractivity contribution in [1.29, 1.82) is 0 Å². The molecule has 2 heterocycles. The summed E-state index contributed by atoms with van der Waals surface area (Å²) < 4.78 is 1.72. The third-order valence-electron chi connectivity index (χ3n) is 3.98. The fraction of sp³-hybridized carbons (Fsp3) is 0.500. The first kappa shape index (κ1) is 15.1. The van der Waals surface area contributed by atoms with Gasteiger partial charge in [0.1, 0.15) is 10.8 Å². The third-order valence-corrected chi connectivity index (χ3v) is 4.33. The van der Waals surface area contributed by atoms with Gasteiger partial charge in [-0.25, -0.2) is 4.98 Å². The lowest BCUT2D eigenvalue weighted by Crippen LogP contribution is -2.36. The monoisotopic (exact) mass is 323 g/mol. The highest BCUT2D eigenvalue weighted by Gasteiger charge is 2.36. The number of anilines is 1. The maximum Gasteiger partial charge on any atom is 0.271 e. The molecule has 1 unspecified atom stereocenters. The quantitative estimate of drug-likeness (QED) is 0.790. The molecule has 118 valence electrons. The molecular formula is C14H18ClN5O2. The fourth-order valence-corrected chi connectivity index (χ4v) is 2.93. The number of aromatic nitrogens is 4. The maximum atomic E-state index is 11.8. The van der Waals surface area contributed by atoms with E-state index in [2.05, 4.69) is 20.4 Å². The number of aliphatic hydroxyl groups is 1. The summed E-state index contributed by atoms with van der Waals surface area (Å²) in [4.78, 5) is 18.6. The number of nitrogens with zero attached hydrogens (tertiary/aromatic N) is 3. The molecule has 0 spiro atoms. The van der Waals surface area contributed by atoms with Gasteiger partial charge >= 0.3 is 0 Å². The maximum absolute atomic E-state index is 11.8. The van der Waals surface area contributed by atoms with Gasteiger partial charge < -0.3 is 15.4 Å². The Kier molecular flexibility index (Phi) is 3.92. The van der Waals surface area contributed by atoms with Crippen LogP contribution in [0.3, 0.4) is 0 Å². The Morgan fingerprint density at radius 1 is 1.55 bits per heavy atom. The van der Waals surface area contributed by atoms with Gasteiger partial charge in [-0.2, -0.15) is 5.10 Å². The Balaban J connectivity index is 1.92. The van der Waals surface area contributed by atoms with Gasteiger partial charge in [-0.1, -0.05) is 11.6 Å². The van der Waals surface area contributed by atoms with Gasteiger partial charge in [-0.05, 0) is 25.7 Å². The molecule has 2 aromatic heterocycles. The summed E-state index contributed by atoms with van der Waals surface area (Å²) in [5.74, 6) is 1.10. The molecule has 0 bridgehead atoms. The van der Waals surface area contributed by atoms with Crippen molar-refractivity contribution in [2.75, 3.05) is 5.32 Å². The number of hydrogen-bond acceptors (Lipinski definition) is 5. The van der Waals surface area contributed by atoms with E-state index in [0.29, 0.717) is 24.5 Å². The van der Waals surface area contributed by atoms with Crippen LogP contribution in [-0.4, -0.2) is 31.0 Å². The molecule has 1 saturated carbocycles. The molecule has 7 nitrogen and oxygen atoms in total. The Morgan fingerprint density at radius 2 is 2.27 bits per heavy atom. The number of hydrogen-bond donors (Lipinski definition) is 3. The van der Waals surface area contributed by atoms with Crippen molar-refractivity contribution >= 4 is 17.4 Å². The van der Waals surface area contributed by atoms with Crippen LogP contribution in [-0.2, 0) is 7.05 Å². The summed E-state index contributed by atoms with van der Waals surface area (Å²) in [6.07, 6.45) is 4.82. The molecule has 8 heteroatoms. The van der Waals surface area contributed by atoms with Crippen molar-refractivity contribution < 1.29 is 5.11 Å². The first-order valence-corrected chi connectivity index (χ1v) is 7.51. The fourth-order valence-electron chi connectivity index (χ4n) is 2.79. The number of halogens is 1. The second-order valence-corrected chi connectivity index (χ2v) is 6.15. The van der Waals surface area contributed by atoms with Crippen molar-refractivity contribution in [3.8, 4) is 0 Å². The molecule has 1 aliphatic rings. The molecule has 0 saturated heterocycles. The van der Waals surface area contributed by atoms with E-state index in [4.69, 9.17) is 11.6 Å². The number of aromatic amines is 1. The van der Waals surface area contributed by atoms with Crippen LogP contribution >= 0.6 is 11.6 Å². The van der Waals surface area contributed by atoms with E-state index in [0.717, 1.165) is 5.56 Å². The van der Waals surface area contributed by atoms with E-state index in [1.54, 1.807) is 17.8 Å². The van der Waals surface area contributed by atoms with Crippen LogP contribution in [0.25, 0.3) is 0 Å². The predicted molar refractivity (Wildman–Crippen MR) is 82.9 cm³/mol. The second-order valence-electron chi connectivity index (χ2n) is 5.77. The zero-order valence-corrected chi connectivity index (χ0v) is 13.1. The summed E-state index contributed by atoms with van der Waals surface area (Å²) in [7, 11) is 1.85. The standard InChI is InChI=1S/C14H18ClN5O2/c1-7-17-13(11(15)14(22)18-7)19-12(8-3-10(21)4-8)9-5-16-20(2)6-9/h5-6,8,10,12,21H,3-4H2,1-2H3,(H2,17,18,19,22). The highest BCUT2D eigenvalue weighted by Crippen LogP contribution is 2.40. The van der Waals surface area contributed by atoms with Gasteiger partial charge in [0.25, 0.3) is 5.56 Å². The number of aryl methyl sites for hydroxylation is 2. The third kappa shape index (κ3) is 2.86. The molecule has 0 aliphatic heterocycles. The van der Waals surface area contributed by atoms with E-state index in [1.165, 1.54) is 0 Å². The van der Waals surface area contributed by atoms with Gasteiger partial charge in [0.05, 0.1) is 18.3 Å². The molecule has 3 N–H and O–H groups in total. The van der Waals surface area contributed by atoms with Gasteiger partial charge in [-0.15, -0.1) is 0 Å². The first-order valence-electron chi connectivity index (χ1n) is 7.13. The van der Waals surface area contributed by atoms with E-state index in [9.17, 15) is 9.90 Å². The Hall–Kier alpha value is -1.86. The van der Waals surface area contributed by atoms with Crippen molar-refractivity contribution in [2.45, 2.75) is 31.9 Å². The minimum atomic E-state index is -0.366. The summed E-state index contributed by atoms with van der Waals surface area (Å²) in [6.45, 7) is 1.70. The number of aliphatic hydroxyl groups excluding tert-OH is 1. The topological polar surface area (TPSA) is 95.8 Å².